The topological polar surface area (TPSA) is 38.8 Å². The summed E-state index contributed by atoms with van der Waals surface area (Å²) in [5.41, 5.74) is 2.01. The number of fused-ring (bicyclic) bond motifs is 1. The van der Waals surface area contributed by atoms with Crippen molar-refractivity contribution in [3.05, 3.63) is 22.2 Å². The molecule has 6 heteroatoms. The van der Waals surface area contributed by atoms with Crippen LogP contribution in [-0.2, 0) is 17.9 Å². The van der Waals surface area contributed by atoms with Crippen molar-refractivity contribution in [1.29, 1.82) is 0 Å². The smallest absolute Gasteiger partial charge is 0.223 e. The SMILES string of the molecule is CCCC(=O)N1Cc2cc(OC)c(OCCCBr)c(Cl)c2C1. The Hall–Kier alpha value is -0.940. The lowest BCUT2D eigenvalue weighted by molar-refractivity contribution is -0.131. The number of nitrogens with zero attached hydrogens (tertiary/aromatic N) is 1. The van der Waals surface area contributed by atoms with Gasteiger partial charge in [0.05, 0.1) is 18.7 Å². The Balaban J connectivity index is 2.24. The molecule has 22 heavy (non-hydrogen) atoms. The molecule has 0 N–H and O–H groups in total. The molecule has 1 amide bonds. The van der Waals surface area contributed by atoms with Gasteiger partial charge in [0.15, 0.2) is 11.5 Å². The van der Waals surface area contributed by atoms with Crippen LogP contribution in [0.4, 0.5) is 0 Å². The lowest BCUT2D eigenvalue weighted by Gasteiger charge is -2.15. The van der Waals surface area contributed by atoms with E-state index in [1.54, 1.807) is 7.11 Å². The fraction of sp³-hybridized carbons (Fsp3) is 0.562. The predicted molar refractivity (Wildman–Crippen MR) is 91.1 cm³/mol. The second-order valence-corrected chi connectivity index (χ2v) is 6.42. The fourth-order valence-corrected chi connectivity index (χ4v) is 3.08. The maximum Gasteiger partial charge on any atom is 0.223 e. The third kappa shape index (κ3) is 3.69. The maximum atomic E-state index is 12.1. The molecular formula is C16H21BrClNO3. The Morgan fingerprint density at radius 1 is 1.45 bits per heavy atom. The second kappa shape index (κ2) is 8.06. The number of carbonyl (C=O) groups is 1. The van der Waals surface area contributed by atoms with Gasteiger partial charge in [-0.1, -0.05) is 34.5 Å². The van der Waals surface area contributed by atoms with Gasteiger partial charge in [0.2, 0.25) is 5.91 Å². The highest BCUT2D eigenvalue weighted by Gasteiger charge is 2.28. The summed E-state index contributed by atoms with van der Waals surface area (Å²) in [5, 5.41) is 1.44. The third-order valence-corrected chi connectivity index (χ3v) is 4.61. The molecule has 4 nitrogen and oxygen atoms in total. The lowest BCUT2D eigenvalue weighted by atomic mass is 10.1. The van der Waals surface area contributed by atoms with Gasteiger partial charge in [-0.15, -0.1) is 0 Å². The summed E-state index contributed by atoms with van der Waals surface area (Å²) < 4.78 is 11.2. The van der Waals surface area contributed by atoms with Crippen LogP contribution in [0.15, 0.2) is 6.07 Å². The Bertz CT molecular complexity index is 551. The molecule has 1 aliphatic heterocycles. The average molecular weight is 391 g/mol. The van der Waals surface area contributed by atoms with E-state index in [4.69, 9.17) is 21.1 Å². The van der Waals surface area contributed by atoms with E-state index in [1.807, 2.05) is 17.9 Å². The third-order valence-electron chi connectivity index (χ3n) is 3.65. The number of carbonyl (C=O) groups excluding carboxylic acids is 1. The van der Waals surface area contributed by atoms with Crippen molar-refractivity contribution in [3.63, 3.8) is 0 Å². The van der Waals surface area contributed by atoms with Crippen LogP contribution < -0.4 is 9.47 Å². The minimum absolute atomic E-state index is 0.162. The number of methoxy groups -OCH3 is 1. The molecule has 122 valence electrons. The van der Waals surface area contributed by atoms with Crippen LogP contribution in [-0.4, -0.2) is 29.9 Å². The van der Waals surface area contributed by atoms with Crippen LogP contribution in [0.2, 0.25) is 5.02 Å². The van der Waals surface area contributed by atoms with E-state index in [9.17, 15) is 4.79 Å². The van der Waals surface area contributed by atoms with Crippen molar-refractivity contribution in [3.8, 4) is 11.5 Å². The molecule has 0 saturated carbocycles. The Labute approximate surface area is 144 Å². The summed E-state index contributed by atoms with van der Waals surface area (Å²) in [4.78, 5) is 13.9. The summed E-state index contributed by atoms with van der Waals surface area (Å²) in [7, 11) is 1.60. The zero-order chi connectivity index (χ0) is 16.1. The number of hydrogen-bond donors (Lipinski definition) is 0. The quantitative estimate of drug-likeness (QED) is 0.518. The standard InChI is InChI=1S/C16H21BrClNO3/c1-3-5-14(20)19-9-11-8-13(21-2)16(22-7-4-6-17)15(18)12(11)10-19/h8H,3-7,9-10H2,1-2H3. The van der Waals surface area contributed by atoms with Gasteiger partial charge >= 0.3 is 0 Å². The summed E-state index contributed by atoms with van der Waals surface area (Å²) in [6.07, 6.45) is 2.30. The number of benzene rings is 1. The minimum Gasteiger partial charge on any atom is -0.493 e. The predicted octanol–water partition coefficient (Wildman–Crippen LogP) is 4.15. The van der Waals surface area contributed by atoms with E-state index < -0.39 is 0 Å². The van der Waals surface area contributed by atoms with Crippen molar-refractivity contribution >= 4 is 33.4 Å². The first-order valence-electron chi connectivity index (χ1n) is 7.47. The van der Waals surface area contributed by atoms with Gasteiger partial charge in [0, 0.05) is 24.8 Å². The second-order valence-electron chi connectivity index (χ2n) is 5.25. The van der Waals surface area contributed by atoms with Gasteiger partial charge in [-0.05, 0) is 30.0 Å². The van der Waals surface area contributed by atoms with Crippen molar-refractivity contribution < 1.29 is 14.3 Å². The zero-order valence-electron chi connectivity index (χ0n) is 13.0. The molecular weight excluding hydrogens is 370 g/mol. The molecule has 1 heterocycles. The van der Waals surface area contributed by atoms with Crippen LogP contribution in [0.1, 0.15) is 37.3 Å². The molecule has 0 aliphatic carbocycles. The molecule has 0 unspecified atom stereocenters. The Morgan fingerprint density at radius 2 is 2.23 bits per heavy atom. The first kappa shape index (κ1) is 17.4. The highest BCUT2D eigenvalue weighted by molar-refractivity contribution is 9.09. The van der Waals surface area contributed by atoms with E-state index in [2.05, 4.69) is 15.9 Å². The maximum absolute atomic E-state index is 12.1. The van der Waals surface area contributed by atoms with E-state index in [1.165, 1.54) is 0 Å². The van der Waals surface area contributed by atoms with E-state index >= 15 is 0 Å². The van der Waals surface area contributed by atoms with Crippen LogP contribution in [0.5, 0.6) is 11.5 Å². The largest absolute Gasteiger partial charge is 0.493 e. The monoisotopic (exact) mass is 389 g/mol. The summed E-state index contributed by atoms with van der Waals surface area (Å²) in [6.45, 7) is 3.71. The number of ether oxygens (including phenoxy) is 2. The van der Waals surface area contributed by atoms with Crippen molar-refractivity contribution in [2.45, 2.75) is 39.3 Å². The minimum atomic E-state index is 0.162. The van der Waals surface area contributed by atoms with E-state index in [0.717, 1.165) is 29.3 Å². The molecule has 0 bridgehead atoms. The molecule has 0 atom stereocenters. The van der Waals surface area contributed by atoms with Crippen LogP contribution in [0, 0.1) is 0 Å². The molecule has 0 radical (unpaired) electrons. The fourth-order valence-electron chi connectivity index (χ4n) is 2.52. The van der Waals surface area contributed by atoms with Crippen molar-refractivity contribution in [2.24, 2.45) is 0 Å². The number of amides is 1. The summed E-state index contributed by atoms with van der Waals surface area (Å²) in [6, 6.07) is 1.93. The van der Waals surface area contributed by atoms with E-state index in [0.29, 0.717) is 42.6 Å². The highest BCUT2D eigenvalue weighted by atomic mass is 79.9. The molecule has 1 aliphatic rings. The summed E-state index contributed by atoms with van der Waals surface area (Å²) >= 11 is 9.89. The average Bonchev–Trinajstić information content (AvgIpc) is 2.94. The van der Waals surface area contributed by atoms with Gasteiger partial charge in [-0.25, -0.2) is 0 Å². The summed E-state index contributed by atoms with van der Waals surface area (Å²) in [5.74, 6) is 1.37. The first-order valence-corrected chi connectivity index (χ1v) is 8.97. The number of halogens is 2. The van der Waals surface area contributed by atoms with Gasteiger partial charge in [0.1, 0.15) is 0 Å². The Morgan fingerprint density at radius 3 is 2.86 bits per heavy atom. The van der Waals surface area contributed by atoms with Crippen molar-refractivity contribution in [1.82, 2.24) is 4.90 Å². The van der Waals surface area contributed by atoms with Gasteiger partial charge < -0.3 is 14.4 Å². The van der Waals surface area contributed by atoms with Gasteiger partial charge in [-0.3, -0.25) is 4.79 Å². The number of alkyl halides is 1. The molecule has 1 aromatic carbocycles. The zero-order valence-corrected chi connectivity index (χ0v) is 15.3. The Kier molecular flexibility index (Phi) is 6.38. The molecule has 1 aromatic rings. The van der Waals surface area contributed by atoms with Crippen LogP contribution >= 0.6 is 27.5 Å². The van der Waals surface area contributed by atoms with Crippen molar-refractivity contribution in [2.75, 3.05) is 19.0 Å². The number of hydrogen-bond acceptors (Lipinski definition) is 3. The van der Waals surface area contributed by atoms with Gasteiger partial charge in [0.25, 0.3) is 0 Å². The molecule has 0 spiro atoms. The molecule has 0 saturated heterocycles. The molecule has 2 rings (SSSR count). The van der Waals surface area contributed by atoms with E-state index in [-0.39, 0.29) is 5.91 Å². The normalized spacial score (nSPS) is 13.2. The van der Waals surface area contributed by atoms with Crippen LogP contribution in [0.3, 0.4) is 0 Å². The first-order chi connectivity index (χ1) is 10.6. The molecule has 0 aromatic heterocycles. The molecule has 0 fully saturated rings. The lowest BCUT2D eigenvalue weighted by Crippen LogP contribution is -2.24. The van der Waals surface area contributed by atoms with Crippen LogP contribution in [0.25, 0.3) is 0 Å². The van der Waals surface area contributed by atoms with Gasteiger partial charge in [-0.2, -0.15) is 0 Å². The number of rotatable bonds is 7. The highest BCUT2D eigenvalue weighted by Crippen LogP contribution is 2.43.